The monoisotopic (exact) mass is 943 g/mol. The SMILES string of the molecule is c1ccc2c(c1)Oc1cc3c4c(c1B2c1ccccc1-n1c2ccccc2c2ccccc21)Oc1ccccc1B4c1cccc(-n2c4ccccc4c4cccc(-n5c6ccccc6c6ccccc65)c42)c1O3. The molecule has 0 radical (unpaired) electrons. The zero-order valence-electron chi connectivity index (χ0n) is 39.7. The molecule has 74 heavy (non-hydrogen) atoms. The van der Waals surface area contributed by atoms with Gasteiger partial charge in [0.05, 0.1) is 44.5 Å². The molecule has 3 aliphatic heterocycles. The van der Waals surface area contributed by atoms with Gasteiger partial charge in [-0.2, -0.15) is 0 Å². The third-order valence-corrected chi connectivity index (χ3v) is 16.1. The molecule has 3 aliphatic rings. The molecule has 11 aromatic carbocycles. The van der Waals surface area contributed by atoms with Gasteiger partial charge >= 0.3 is 0 Å². The minimum Gasteiger partial charge on any atom is -0.459 e. The predicted molar refractivity (Wildman–Crippen MR) is 305 cm³/mol. The van der Waals surface area contributed by atoms with E-state index in [0.29, 0.717) is 5.75 Å². The number of hydrogen-bond acceptors (Lipinski definition) is 3. The van der Waals surface area contributed by atoms with Gasteiger partial charge in [-0.15, -0.1) is 0 Å². The highest BCUT2D eigenvalue weighted by Crippen LogP contribution is 2.45. The third-order valence-electron chi connectivity index (χ3n) is 16.1. The molecule has 0 N–H and O–H groups in total. The van der Waals surface area contributed by atoms with E-state index in [0.717, 1.165) is 112 Å². The molecular weight excluding hydrogens is 904 g/mol. The fourth-order valence-corrected chi connectivity index (χ4v) is 13.2. The number of aromatic nitrogens is 3. The number of benzene rings is 11. The highest BCUT2D eigenvalue weighted by Gasteiger charge is 2.47. The molecule has 17 rings (SSSR count). The Balaban J connectivity index is 0.924. The standard InChI is InChI=1S/C66H39B2N3O3/c1-9-29-50-40(19-1)41-20-2-10-30-51(41)69(50)55-34-14-6-25-46(55)67-47-26-7-15-37-58(47)72-60-39-61-63-66(62(60)67)73-59-38-16-8-27-48(59)68(63)49-28-18-36-57(65(49)74-61)71-54-33-13-5-23-44(54)45-24-17-35-56(64(45)71)70-52-31-11-3-21-42(52)43-22-4-12-32-53(43)70/h1-39H. The van der Waals surface area contributed by atoms with Crippen molar-refractivity contribution in [3.05, 3.63) is 237 Å². The maximum Gasteiger partial charge on any atom is 0.260 e. The first kappa shape index (κ1) is 40.0. The van der Waals surface area contributed by atoms with Crippen molar-refractivity contribution < 1.29 is 14.2 Å². The van der Waals surface area contributed by atoms with Crippen molar-refractivity contribution >= 4 is 112 Å². The first-order valence-electron chi connectivity index (χ1n) is 25.4. The molecule has 14 aromatic rings. The van der Waals surface area contributed by atoms with E-state index < -0.39 is 0 Å². The van der Waals surface area contributed by atoms with Gasteiger partial charge in [-0.05, 0) is 82.5 Å². The summed E-state index contributed by atoms with van der Waals surface area (Å²) in [6.07, 6.45) is 0. The predicted octanol–water partition coefficient (Wildman–Crippen LogP) is 12.3. The Morgan fingerprint density at radius 2 is 0.635 bits per heavy atom. The number of hydrogen-bond donors (Lipinski definition) is 0. The van der Waals surface area contributed by atoms with Gasteiger partial charge in [0.1, 0.15) is 34.5 Å². The second-order valence-corrected chi connectivity index (χ2v) is 19.8. The third kappa shape index (κ3) is 5.30. The summed E-state index contributed by atoms with van der Waals surface area (Å²) in [4.78, 5) is 0. The molecule has 3 aromatic heterocycles. The number of fused-ring (bicyclic) bond motifs is 16. The van der Waals surface area contributed by atoms with Gasteiger partial charge in [0, 0.05) is 55.0 Å². The summed E-state index contributed by atoms with van der Waals surface area (Å²) in [5.41, 5.74) is 16.4. The van der Waals surface area contributed by atoms with Crippen molar-refractivity contribution in [2.75, 3.05) is 0 Å². The van der Waals surface area contributed by atoms with Crippen LogP contribution in [0.3, 0.4) is 0 Å². The lowest BCUT2D eigenvalue weighted by Crippen LogP contribution is -2.62. The second kappa shape index (κ2) is 14.9. The fraction of sp³-hybridized carbons (Fsp3) is 0. The minimum absolute atomic E-state index is 0.214. The van der Waals surface area contributed by atoms with Crippen molar-refractivity contribution in [1.82, 2.24) is 13.7 Å². The Hall–Kier alpha value is -9.65. The van der Waals surface area contributed by atoms with Gasteiger partial charge in [-0.3, -0.25) is 0 Å². The molecule has 8 heteroatoms. The lowest BCUT2D eigenvalue weighted by molar-refractivity contribution is 0.446. The molecule has 0 saturated heterocycles. The summed E-state index contributed by atoms with van der Waals surface area (Å²) in [5.74, 6) is 4.64. The summed E-state index contributed by atoms with van der Waals surface area (Å²) in [6, 6.07) is 85.1. The average molecular weight is 944 g/mol. The molecule has 0 aliphatic carbocycles. The molecule has 342 valence electrons. The maximum absolute atomic E-state index is 7.55. The quantitative estimate of drug-likeness (QED) is 0.165. The van der Waals surface area contributed by atoms with Crippen LogP contribution in [0.1, 0.15) is 0 Å². The Morgan fingerprint density at radius 1 is 0.257 bits per heavy atom. The molecule has 0 fully saturated rings. The molecule has 6 nitrogen and oxygen atoms in total. The lowest BCUT2D eigenvalue weighted by Gasteiger charge is -2.38. The normalized spacial score (nSPS) is 13.1. The Labute approximate surface area is 425 Å². The van der Waals surface area contributed by atoms with Gasteiger partial charge in [0.25, 0.3) is 13.4 Å². The van der Waals surface area contributed by atoms with Crippen molar-refractivity contribution in [2.24, 2.45) is 0 Å². The smallest absolute Gasteiger partial charge is 0.260 e. The number of nitrogens with zero attached hydrogens (tertiary/aromatic N) is 3. The summed E-state index contributed by atoms with van der Waals surface area (Å²) in [6.45, 7) is -0.476. The van der Waals surface area contributed by atoms with Crippen LogP contribution in [0.2, 0.25) is 0 Å². The van der Waals surface area contributed by atoms with Crippen LogP contribution in [-0.4, -0.2) is 27.1 Å². The summed E-state index contributed by atoms with van der Waals surface area (Å²) < 4.78 is 29.3. The van der Waals surface area contributed by atoms with E-state index in [9.17, 15) is 0 Å². The Morgan fingerprint density at radius 3 is 1.24 bits per heavy atom. The molecule has 0 bridgehead atoms. The van der Waals surface area contributed by atoms with Gasteiger partial charge in [0.2, 0.25) is 0 Å². The zero-order valence-corrected chi connectivity index (χ0v) is 39.7. The second-order valence-electron chi connectivity index (χ2n) is 19.8. The van der Waals surface area contributed by atoms with Gasteiger partial charge in [-0.25, -0.2) is 0 Å². The van der Waals surface area contributed by atoms with Crippen LogP contribution in [0, 0.1) is 0 Å². The van der Waals surface area contributed by atoms with E-state index in [1.807, 2.05) is 0 Å². The van der Waals surface area contributed by atoms with Crippen LogP contribution in [0.4, 0.5) is 0 Å². The van der Waals surface area contributed by atoms with E-state index in [-0.39, 0.29) is 13.4 Å². The van der Waals surface area contributed by atoms with Crippen molar-refractivity contribution in [2.45, 2.75) is 0 Å². The minimum atomic E-state index is -0.262. The van der Waals surface area contributed by atoms with Gasteiger partial charge in [0.15, 0.2) is 0 Å². The van der Waals surface area contributed by atoms with Crippen molar-refractivity contribution in [3.63, 3.8) is 0 Å². The van der Waals surface area contributed by atoms with E-state index in [4.69, 9.17) is 14.2 Å². The van der Waals surface area contributed by atoms with E-state index in [2.05, 4.69) is 250 Å². The van der Waals surface area contributed by atoms with Crippen LogP contribution < -0.4 is 47.0 Å². The average Bonchev–Trinajstić information content (AvgIpc) is 4.11. The summed E-state index contributed by atoms with van der Waals surface area (Å²) in [5, 5.41) is 7.22. The van der Waals surface area contributed by atoms with Crippen LogP contribution in [0.25, 0.3) is 82.5 Å². The van der Waals surface area contributed by atoms with Crippen LogP contribution >= 0.6 is 0 Å². The van der Waals surface area contributed by atoms with Gasteiger partial charge < -0.3 is 27.9 Å². The van der Waals surface area contributed by atoms with Crippen LogP contribution in [-0.2, 0) is 0 Å². The van der Waals surface area contributed by atoms with Crippen molar-refractivity contribution in [3.8, 4) is 51.6 Å². The van der Waals surface area contributed by atoms with E-state index in [1.165, 1.54) is 32.3 Å². The van der Waals surface area contributed by atoms with Gasteiger partial charge in [-0.1, -0.05) is 170 Å². The summed E-state index contributed by atoms with van der Waals surface area (Å²) >= 11 is 0. The fourth-order valence-electron chi connectivity index (χ4n) is 13.2. The highest BCUT2D eigenvalue weighted by atomic mass is 16.5. The molecule has 6 heterocycles. The van der Waals surface area contributed by atoms with E-state index in [1.54, 1.807) is 0 Å². The molecular formula is C66H39B2N3O3. The molecule has 0 amide bonds. The highest BCUT2D eigenvalue weighted by molar-refractivity contribution is 7.01. The topological polar surface area (TPSA) is 42.5 Å². The number of para-hydroxylation sites is 10. The molecule has 0 atom stereocenters. The first-order chi connectivity index (χ1) is 36.8. The molecule has 0 spiro atoms. The summed E-state index contributed by atoms with van der Waals surface area (Å²) in [7, 11) is 0. The maximum atomic E-state index is 7.55. The number of ether oxygens (including phenoxy) is 3. The van der Waals surface area contributed by atoms with Crippen LogP contribution in [0.15, 0.2) is 237 Å². The zero-order chi connectivity index (χ0) is 48.2. The molecule has 0 unspecified atom stereocenters. The van der Waals surface area contributed by atoms with Crippen molar-refractivity contribution in [1.29, 1.82) is 0 Å². The largest absolute Gasteiger partial charge is 0.459 e. The molecule has 0 saturated carbocycles. The lowest BCUT2D eigenvalue weighted by atomic mass is 9.31. The Bertz CT molecular complexity index is 4650. The Kier molecular flexibility index (Phi) is 8.08. The number of rotatable bonds is 4. The van der Waals surface area contributed by atoms with Crippen LogP contribution in [0.5, 0.6) is 34.5 Å². The first-order valence-corrected chi connectivity index (χ1v) is 25.4. The van der Waals surface area contributed by atoms with E-state index >= 15 is 0 Å².